The molecule has 0 amide bonds. The summed E-state index contributed by atoms with van der Waals surface area (Å²) in [6, 6.07) is 0. The average molecular weight is 224 g/mol. The molecule has 0 bridgehead atoms. The Hall–Kier alpha value is -0.830. The predicted octanol–water partition coefficient (Wildman–Crippen LogP) is 3.68. The maximum atomic E-state index is 5.51. The van der Waals surface area contributed by atoms with Crippen LogP contribution in [0.25, 0.3) is 0 Å². The first-order chi connectivity index (χ1) is 7.93. The molecule has 0 fully saturated rings. The smallest absolute Gasteiger partial charge is 0.132 e. The number of unbranched alkanes of at least 4 members (excludes halogenated alkanes) is 6. The minimum absolute atomic E-state index is 0.614. The van der Waals surface area contributed by atoms with Gasteiger partial charge in [-0.1, -0.05) is 45.4 Å². The molecule has 3 heteroatoms. The highest BCUT2D eigenvalue weighted by atomic mass is 16.5. The van der Waals surface area contributed by atoms with Crippen LogP contribution in [0.15, 0.2) is 12.4 Å². The van der Waals surface area contributed by atoms with E-state index in [4.69, 9.17) is 4.74 Å². The molecular weight excluding hydrogens is 200 g/mol. The first kappa shape index (κ1) is 13.2. The third-order valence-corrected chi connectivity index (χ3v) is 2.69. The monoisotopic (exact) mass is 224 g/mol. The Morgan fingerprint density at radius 1 is 1.12 bits per heavy atom. The molecule has 3 nitrogen and oxygen atoms in total. The molecule has 0 unspecified atom stereocenters. The molecule has 16 heavy (non-hydrogen) atoms. The fourth-order valence-corrected chi connectivity index (χ4v) is 1.71. The molecule has 0 aliphatic heterocycles. The van der Waals surface area contributed by atoms with Gasteiger partial charge in [0.2, 0.25) is 0 Å². The molecule has 0 saturated heterocycles. The van der Waals surface area contributed by atoms with Crippen LogP contribution in [0.1, 0.15) is 57.7 Å². The van der Waals surface area contributed by atoms with Crippen LogP contribution < -0.4 is 0 Å². The molecule has 0 atom stereocenters. The molecular formula is C13H24N2O. The number of imidazole rings is 1. The second-order valence-electron chi connectivity index (χ2n) is 4.21. The van der Waals surface area contributed by atoms with E-state index in [1.54, 1.807) is 6.20 Å². The maximum absolute atomic E-state index is 5.51. The number of aromatic nitrogens is 2. The van der Waals surface area contributed by atoms with E-state index in [-0.39, 0.29) is 0 Å². The summed E-state index contributed by atoms with van der Waals surface area (Å²) in [4.78, 5) is 7.13. The maximum Gasteiger partial charge on any atom is 0.132 e. The van der Waals surface area contributed by atoms with E-state index in [1.165, 1.54) is 44.9 Å². The molecule has 0 aliphatic carbocycles. The van der Waals surface area contributed by atoms with E-state index in [0.29, 0.717) is 6.61 Å². The van der Waals surface area contributed by atoms with Gasteiger partial charge in [-0.2, -0.15) is 0 Å². The first-order valence-corrected chi connectivity index (χ1v) is 6.49. The molecule has 1 aromatic heterocycles. The number of rotatable bonds is 10. The minimum Gasteiger partial charge on any atom is -0.374 e. The van der Waals surface area contributed by atoms with Gasteiger partial charge in [-0.15, -0.1) is 0 Å². The summed E-state index contributed by atoms with van der Waals surface area (Å²) >= 11 is 0. The van der Waals surface area contributed by atoms with Gasteiger partial charge in [0, 0.05) is 19.0 Å². The van der Waals surface area contributed by atoms with Crippen LogP contribution >= 0.6 is 0 Å². The Kier molecular flexibility index (Phi) is 7.78. The Morgan fingerprint density at radius 3 is 2.56 bits per heavy atom. The van der Waals surface area contributed by atoms with Gasteiger partial charge in [-0.25, -0.2) is 4.98 Å². The van der Waals surface area contributed by atoms with Crippen LogP contribution in [0.4, 0.5) is 0 Å². The minimum atomic E-state index is 0.614. The summed E-state index contributed by atoms with van der Waals surface area (Å²) in [5.41, 5.74) is 0. The zero-order chi connectivity index (χ0) is 11.5. The van der Waals surface area contributed by atoms with Crippen molar-refractivity contribution in [3.05, 3.63) is 18.2 Å². The summed E-state index contributed by atoms with van der Waals surface area (Å²) in [6.07, 6.45) is 12.9. The normalized spacial score (nSPS) is 10.8. The number of ether oxygens (including phenoxy) is 1. The van der Waals surface area contributed by atoms with Crippen molar-refractivity contribution >= 4 is 0 Å². The molecule has 1 heterocycles. The average Bonchev–Trinajstić information content (AvgIpc) is 2.80. The van der Waals surface area contributed by atoms with Crippen LogP contribution in [0.3, 0.4) is 0 Å². The van der Waals surface area contributed by atoms with Crippen LogP contribution in [0, 0.1) is 0 Å². The highest BCUT2D eigenvalue weighted by molar-refractivity contribution is 4.83. The van der Waals surface area contributed by atoms with Gasteiger partial charge >= 0.3 is 0 Å². The Labute approximate surface area is 98.6 Å². The number of aromatic amines is 1. The summed E-state index contributed by atoms with van der Waals surface area (Å²) in [5.74, 6) is 0.919. The van der Waals surface area contributed by atoms with Gasteiger partial charge in [0.15, 0.2) is 0 Å². The Bertz CT molecular complexity index is 234. The first-order valence-electron chi connectivity index (χ1n) is 6.49. The van der Waals surface area contributed by atoms with Crippen molar-refractivity contribution in [3.8, 4) is 0 Å². The second-order valence-corrected chi connectivity index (χ2v) is 4.21. The van der Waals surface area contributed by atoms with Crippen molar-refractivity contribution in [1.82, 2.24) is 9.97 Å². The van der Waals surface area contributed by atoms with Crippen LogP contribution in [-0.4, -0.2) is 16.6 Å². The van der Waals surface area contributed by atoms with Crippen molar-refractivity contribution in [3.63, 3.8) is 0 Å². The second kappa shape index (κ2) is 9.40. The largest absolute Gasteiger partial charge is 0.374 e. The molecule has 0 spiro atoms. The SMILES string of the molecule is CCCCCCCCCOCc1ncc[nH]1. The summed E-state index contributed by atoms with van der Waals surface area (Å²) < 4.78 is 5.51. The van der Waals surface area contributed by atoms with E-state index >= 15 is 0 Å². The summed E-state index contributed by atoms with van der Waals surface area (Å²) in [6.45, 7) is 3.72. The van der Waals surface area contributed by atoms with Gasteiger partial charge in [0.25, 0.3) is 0 Å². The summed E-state index contributed by atoms with van der Waals surface area (Å²) in [5, 5.41) is 0. The van der Waals surface area contributed by atoms with Crippen LogP contribution in [0.5, 0.6) is 0 Å². The van der Waals surface area contributed by atoms with Crippen molar-refractivity contribution in [2.75, 3.05) is 6.61 Å². The van der Waals surface area contributed by atoms with E-state index in [2.05, 4.69) is 16.9 Å². The molecule has 1 aromatic rings. The number of hydrogen-bond donors (Lipinski definition) is 1. The third kappa shape index (κ3) is 6.62. The zero-order valence-electron chi connectivity index (χ0n) is 10.4. The molecule has 1 N–H and O–H groups in total. The van der Waals surface area contributed by atoms with Gasteiger partial charge < -0.3 is 9.72 Å². The fraction of sp³-hybridized carbons (Fsp3) is 0.769. The standard InChI is InChI=1S/C13H24N2O/c1-2-3-4-5-6-7-8-11-16-12-13-14-9-10-15-13/h9-10H,2-8,11-12H2,1H3,(H,14,15). The quantitative estimate of drug-likeness (QED) is 0.616. The summed E-state index contributed by atoms with van der Waals surface area (Å²) in [7, 11) is 0. The van der Waals surface area contributed by atoms with E-state index in [1.807, 2.05) is 6.20 Å². The molecule has 1 rings (SSSR count). The van der Waals surface area contributed by atoms with Gasteiger partial charge in [-0.05, 0) is 6.42 Å². The lowest BCUT2D eigenvalue weighted by molar-refractivity contribution is 0.112. The van der Waals surface area contributed by atoms with Gasteiger partial charge in [0.1, 0.15) is 12.4 Å². The van der Waals surface area contributed by atoms with E-state index < -0.39 is 0 Å². The van der Waals surface area contributed by atoms with Crippen molar-refractivity contribution in [2.45, 2.75) is 58.5 Å². The highest BCUT2D eigenvalue weighted by Crippen LogP contribution is 2.07. The number of H-pyrrole nitrogens is 1. The lowest BCUT2D eigenvalue weighted by Gasteiger charge is -2.02. The number of nitrogens with zero attached hydrogens (tertiary/aromatic N) is 1. The topological polar surface area (TPSA) is 37.9 Å². The number of hydrogen-bond acceptors (Lipinski definition) is 2. The van der Waals surface area contributed by atoms with E-state index in [9.17, 15) is 0 Å². The lowest BCUT2D eigenvalue weighted by atomic mass is 10.1. The predicted molar refractivity (Wildman–Crippen MR) is 66.2 cm³/mol. The third-order valence-electron chi connectivity index (χ3n) is 2.69. The Morgan fingerprint density at radius 2 is 1.88 bits per heavy atom. The molecule has 0 radical (unpaired) electrons. The lowest BCUT2D eigenvalue weighted by Crippen LogP contribution is -1.97. The highest BCUT2D eigenvalue weighted by Gasteiger charge is 1.94. The number of nitrogens with one attached hydrogen (secondary N) is 1. The van der Waals surface area contributed by atoms with Gasteiger partial charge in [0.05, 0.1) is 0 Å². The molecule has 92 valence electrons. The van der Waals surface area contributed by atoms with Crippen LogP contribution in [0.2, 0.25) is 0 Å². The van der Waals surface area contributed by atoms with Crippen molar-refractivity contribution < 1.29 is 4.74 Å². The fourth-order valence-electron chi connectivity index (χ4n) is 1.71. The van der Waals surface area contributed by atoms with Crippen molar-refractivity contribution in [2.24, 2.45) is 0 Å². The zero-order valence-corrected chi connectivity index (χ0v) is 10.4. The molecule has 0 aromatic carbocycles. The van der Waals surface area contributed by atoms with Gasteiger partial charge in [-0.3, -0.25) is 0 Å². The van der Waals surface area contributed by atoms with Crippen molar-refractivity contribution in [1.29, 1.82) is 0 Å². The molecule has 0 saturated carbocycles. The van der Waals surface area contributed by atoms with Crippen LogP contribution in [-0.2, 0) is 11.3 Å². The Balaban J connectivity index is 1.78. The molecule has 0 aliphatic rings. The van der Waals surface area contributed by atoms with E-state index in [0.717, 1.165) is 12.4 Å².